The molecule has 6 heteroatoms. The number of aryl methyl sites for hydroxylation is 1. The van der Waals surface area contributed by atoms with E-state index in [9.17, 15) is 9.59 Å². The molecule has 0 spiro atoms. The van der Waals surface area contributed by atoms with Crippen LogP contribution in [0.1, 0.15) is 18.2 Å². The summed E-state index contributed by atoms with van der Waals surface area (Å²) in [5, 5.41) is 12.4. The second kappa shape index (κ2) is 5.32. The highest BCUT2D eigenvalue weighted by Crippen LogP contribution is 2.13. The van der Waals surface area contributed by atoms with Gasteiger partial charge in [0.25, 0.3) is 5.56 Å². The summed E-state index contributed by atoms with van der Waals surface area (Å²) in [5.41, 5.74) is 1.23. The Morgan fingerprint density at radius 1 is 1.37 bits per heavy atom. The maximum Gasteiger partial charge on any atom is 0.308 e. The van der Waals surface area contributed by atoms with Crippen LogP contribution >= 0.6 is 11.6 Å². The molecule has 0 atom stereocenters. The van der Waals surface area contributed by atoms with Crippen LogP contribution in [0.25, 0.3) is 5.69 Å². The molecule has 19 heavy (non-hydrogen) atoms. The Balaban J connectivity index is 2.53. The van der Waals surface area contributed by atoms with Gasteiger partial charge >= 0.3 is 5.97 Å². The first-order chi connectivity index (χ1) is 9.02. The van der Waals surface area contributed by atoms with Gasteiger partial charge in [-0.3, -0.25) is 14.7 Å². The fourth-order valence-electron chi connectivity index (χ4n) is 1.92. The highest BCUT2D eigenvalue weighted by Gasteiger charge is 2.16. The Bertz CT molecular complexity index is 656. The average Bonchev–Trinajstić information content (AvgIpc) is 2.67. The van der Waals surface area contributed by atoms with Crippen LogP contribution in [0.4, 0.5) is 0 Å². The summed E-state index contributed by atoms with van der Waals surface area (Å²) in [4.78, 5) is 23.0. The molecule has 0 saturated heterocycles. The van der Waals surface area contributed by atoms with Gasteiger partial charge in [0, 0.05) is 10.7 Å². The number of carboxylic acid groups (broad SMARTS) is 1. The lowest BCUT2D eigenvalue weighted by Crippen LogP contribution is -2.19. The summed E-state index contributed by atoms with van der Waals surface area (Å²) in [6, 6.07) is 6.74. The lowest BCUT2D eigenvalue weighted by atomic mass is 10.1. The molecule has 0 bridgehead atoms. The first kappa shape index (κ1) is 13.4. The number of rotatable bonds is 4. The quantitative estimate of drug-likeness (QED) is 0.899. The van der Waals surface area contributed by atoms with Crippen LogP contribution in [0, 0.1) is 0 Å². The van der Waals surface area contributed by atoms with Gasteiger partial charge in [0.15, 0.2) is 0 Å². The van der Waals surface area contributed by atoms with Crippen molar-refractivity contribution in [3.63, 3.8) is 0 Å². The summed E-state index contributed by atoms with van der Waals surface area (Å²) < 4.78 is 1.34. The molecule has 100 valence electrons. The summed E-state index contributed by atoms with van der Waals surface area (Å²) in [7, 11) is 0. The van der Waals surface area contributed by atoms with Crippen molar-refractivity contribution in [2.24, 2.45) is 0 Å². The molecule has 0 unspecified atom stereocenters. The Morgan fingerprint density at radius 2 is 2.00 bits per heavy atom. The van der Waals surface area contributed by atoms with Gasteiger partial charge in [-0.15, -0.1) is 0 Å². The molecule has 1 aromatic heterocycles. The van der Waals surface area contributed by atoms with Crippen molar-refractivity contribution >= 4 is 17.6 Å². The van der Waals surface area contributed by atoms with Gasteiger partial charge in [0.05, 0.1) is 17.7 Å². The van der Waals surface area contributed by atoms with E-state index in [2.05, 4.69) is 5.10 Å². The normalized spacial score (nSPS) is 10.6. The minimum Gasteiger partial charge on any atom is -0.481 e. The number of hydrogen-bond acceptors (Lipinski definition) is 2. The number of H-pyrrole nitrogens is 1. The summed E-state index contributed by atoms with van der Waals surface area (Å²) in [6.45, 7) is 1.86. The monoisotopic (exact) mass is 280 g/mol. The zero-order valence-electron chi connectivity index (χ0n) is 10.3. The number of benzene rings is 1. The summed E-state index contributed by atoms with van der Waals surface area (Å²) in [6.07, 6.45) is 0.289. The van der Waals surface area contributed by atoms with Crippen LogP contribution in [0.3, 0.4) is 0 Å². The number of nitrogens with one attached hydrogen (secondary N) is 1. The minimum absolute atomic E-state index is 0.279. The smallest absolute Gasteiger partial charge is 0.308 e. The average molecular weight is 281 g/mol. The fourth-order valence-corrected chi connectivity index (χ4v) is 2.04. The molecule has 0 saturated carbocycles. The number of carboxylic acids is 1. The second-order valence-electron chi connectivity index (χ2n) is 4.11. The van der Waals surface area contributed by atoms with Gasteiger partial charge in [-0.2, -0.15) is 0 Å². The number of halogens is 1. The van der Waals surface area contributed by atoms with Gasteiger partial charge in [-0.05, 0) is 30.7 Å². The van der Waals surface area contributed by atoms with E-state index in [1.807, 2.05) is 6.92 Å². The molecule has 0 fully saturated rings. The molecule has 2 aromatic rings. The first-order valence-corrected chi connectivity index (χ1v) is 6.21. The number of carbonyl (C=O) groups is 1. The first-order valence-electron chi connectivity index (χ1n) is 5.83. The molecule has 1 aromatic carbocycles. The van der Waals surface area contributed by atoms with E-state index in [1.165, 1.54) is 4.68 Å². The number of hydrogen-bond donors (Lipinski definition) is 2. The lowest BCUT2D eigenvalue weighted by Gasteiger charge is -2.01. The molecule has 0 aliphatic carbocycles. The van der Waals surface area contributed by atoms with E-state index in [4.69, 9.17) is 16.7 Å². The second-order valence-corrected chi connectivity index (χ2v) is 4.55. The van der Waals surface area contributed by atoms with E-state index in [1.54, 1.807) is 24.3 Å². The Hall–Kier alpha value is -2.01. The van der Waals surface area contributed by atoms with Crippen LogP contribution in [-0.2, 0) is 17.6 Å². The standard InChI is InChI=1S/C13H13ClN2O3/c1-2-11-10(7-12(17)18)13(19)16(15-11)9-5-3-8(14)4-6-9/h3-6,15H,2,7H2,1H3,(H,17,18). The van der Waals surface area contributed by atoms with Crippen molar-refractivity contribution in [3.8, 4) is 5.69 Å². The van der Waals surface area contributed by atoms with Crippen LogP contribution in [0.2, 0.25) is 5.02 Å². The minimum atomic E-state index is -1.02. The topological polar surface area (TPSA) is 75.1 Å². The predicted molar refractivity (Wildman–Crippen MR) is 72.1 cm³/mol. The molecule has 2 rings (SSSR count). The molecular weight excluding hydrogens is 268 g/mol. The SMILES string of the molecule is CCc1[nH]n(-c2ccc(Cl)cc2)c(=O)c1CC(=O)O. The predicted octanol–water partition coefficient (Wildman–Crippen LogP) is 2.01. The zero-order valence-corrected chi connectivity index (χ0v) is 11.1. The molecule has 2 N–H and O–H groups in total. The lowest BCUT2D eigenvalue weighted by molar-refractivity contribution is -0.136. The largest absolute Gasteiger partial charge is 0.481 e. The maximum atomic E-state index is 12.2. The van der Waals surface area contributed by atoms with Gasteiger partial charge < -0.3 is 5.11 Å². The zero-order chi connectivity index (χ0) is 14.0. The number of aliphatic carboxylic acids is 1. The van der Waals surface area contributed by atoms with Crippen LogP contribution < -0.4 is 5.56 Å². The number of nitrogens with zero attached hydrogens (tertiary/aromatic N) is 1. The van der Waals surface area contributed by atoms with Crippen LogP contribution in [0.5, 0.6) is 0 Å². The van der Waals surface area contributed by atoms with E-state index in [0.717, 1.165) is 0 Å². The van der Waals surface area contributed by atoms with Crippen LogP contribution in [-0.4, -0.2) is 20.9 Å². The van der Waals surface area contributed by atoms with Crippen molar-refractivity contribution in [2.75, 3.05) is 0 Å². The van der Waals surface area contributed by atoms with Crippen molar-refractivity contribution < 1.29 is 9.90 Å². The van der Waals surface area contributed by atoms with Gasteiger partial charge in [-0.25, -0.2) is 4.68 Å². The molecular formula is C13H13ClN2O3. The van der Waals surface area contributed by atoms with Crippen LogP contribution in [0.15, 0.2) is 29.1 Å². The van der Waals surface area contributed by atoms with E-state index in [0.29, 0.717) is 28.4 Å². The van der Waals surface area contributed by atoms with Gasteiger partial charge in [-0.1, -0.05) is 18.5 Å². The molecule has 0 amide bonds. The summed E-state index contributed by atoms with van der Waals surface area (Å²) >= 11 is 5.80. The van der Waals surface area contributed by atoms with Crippen molar-refractivity contribution in [1.29, 1.82) is 0 Å². The maximum absolute atomic E-state index is 12.2. The highest BCUT2D eigenvalue weighted by molar-refractivity contribution is 6.30. The number of aromatic nitrogens is 2. The fraction of sp³-hybridized carbons (Fsp3) is 0.231. The number of aromatic amines is 1. The van der Waals surface area contributed by atoms with E-state index in [-0.39, 0.29) is 12.0 Å². The third-order valence-corrected chi connectivity index (χ3v) is 3.09. The third kappa shape index (κ3) is 2.71. The Kier molecular flexibility index (Phi) is 3.76. The van der Waals surface area contributed by atoms with Gasteiger partial charge in [0.2, 0.25) is 0 Å². The van der Waals surface area contributed by atoms with E-state index < -0.39 is 5.97 Å². The van der Waals surface area contributed by atoms with E-state index >= 15 is 0 Å². The molecule has 5 nitrogen and oxygen atoms in total. The Labute approximate surface area is 114 Å². The molecule has 0 aliphatic rings. The van der Waals surface area contributed by atoms with Crippen molar-refractivity contribution in [1.82, 2.24) is 9.78 Å². The summed E-state index contributed by atoms with van der Waals surface area (Å²) in [5.74, 6) is -1.02. The molecule has 0 radical (unpaired) electrons. The van der Waals surface area contributed by atoms with Crippen molar-refractivity contribution in [2.45, 2.75) is 19.8 Å². The highest BCUT2D eigenvalue weighted by atomic mass is 35.5. The third-order valence-electron chi connectivity index (χ3n) is 2.84. The van der Waals surface area contributed by atoms with Gasteiger partial charge in [0.1, 0.15) is 0 Å². The molecule has 0 aliphatic heterocycles. The molecule has 1 heterocycles. The Morgan fingerprint density at radius 3 is 2.53 bits per heavy atom. The van der Waals surface area contributed by atoms with Crippen molar-refractivity contribution in [3.05, 3.63) is 50.9 Å².